The molecule has 2 nitrogen and oxygen atoms in total. The molecular weight excluding hydrogens is 345 g/mol. The van der Waals surface area contributed by atoms with Crippen molar-refractivity contribution in [2.75, 3.05) is 0 Å². The molecule has 2 heterocycles. The van der Waals surface area contributed by atoms with Crippen molar-refractivity contribution in [1.29, 1.82) is 0 Å². The van der Waals surface area contributed by atoms with Gasteiger partial charge in [0, 0.05) is 5.54 Å². The van der Waals surface area contributed by atoms with Gasteiger partial charge in [0.2, 0.25) is 0 Å². The molecule has 13 heavy (non-hydrogen) atoms. The van der Waals surface area contributed by atoms with Crippen molar-refractivity contribution >= 4 is 0 Å². The van der Waals surface area contributed by atoms with Gasteiger partial charge in [0.15, 0.2) is 0 Å². The van der Waals surface area contributed by atoms with Crippen LogP contribution in [0, 0.1) is 5.92 Å². The maximum Gasteiger partial charge on any atom is 1.00 e. The molecule has 0 aliphatic carbocycles. The summed E-state index contributed by atoms with van der Waals surface area (Å²) in [6, 6.07) is 0. The van der Waals surface area contributed by atoms with Crippen molar-refractivity contribution in [2.45, 2.75) is 57.8 Å². The second-order valence-corrected chi connectivity index (χ2v) is 5.58. The van der Waals surface area contributed by atoms with E-state index in [1.807, 2.05) is 0 Å². The molecule has 0 saturated carbocycles. The minimum absolute atomic E-state index is 0. The molecule has 2 unspecified atom stereocenters. The van der Waals surface area contributed by atoms with Crippen LogP contribution < -0.4 is 5.32 Å². The van der Waals surface area contributed by atoms with E-state index in [1.165, 1.54) is 12.8 Å². The van der Waals surface area contributed by atoms with Gasteiger partial charge in [-0.1, -0.05) is 26.4 Å². The van der Waals surface area contributed by atoms with Gasteiger partial charge in [-0.25, -0.2) is 0 Å². The molecule has 2 aliphatic heterocycles. The number of hydrogen-bond donors (Lipinski definition) is 1. The zero-order valence-electron chi connectivity index (χ0n) is 8.82. The third kappa shape index (κ3) is 2.37. The van der Waals surface area contributed by atoms with Crippen LogP contribution in [0.4, 0.5) is 0 Å². The third-order valence-electron chi connectivity index (χ3n) is 3.01. The quantitative estimate of drug-likeness (QED) is 0.656. The first-order valence-corrected chi connectivity index (χ1v) is 4.88. The molecule has 80 valence electrons. The van der Waals surface area contributed by atoms with Crippen molar-refractivity contribution < 1.29 is 22.4 Å². The molecule has 0 aromatic heterocycles. The van der Waals surface area contributed by atoms with E-state index in [9.17, 15) is 0 Å². The molecule has 0 spiro atoms. The summed E-state index contributed by atoms with van der Waals surface area (Å²) in [5.74, 6) is 0.787. The van der Waals surface area contributed by atoms with Gasteiger partial charge in [-0.05, 0) is 26.2 Å². The van der Waals surface area contributed by atoms with Crippen LogP contribution in [-0.2, 0) is 22.4 Å². The van der Waals surface area contributed by atoms with E-state index in [2.05, 4.69) is 33.0 Å². The molecular formula is C10H19AuN2. The molecule has 1 N–H and O–H groups in total. The number of rotatable bonds is 0. The van der Waals surface area contributed by atoms with Gasteiger partial charge in [0.05, 0.1) is 0 Å². The molecule has 2 atom stereocenters. The van der Waals surface area contributed by atoms with Crippen LogP contribution in [0.3, 0.4) is 0 Å². The molecule has 0 aromatic carbocycles. The van der Waals surface area contributed by atoms with E-state index >= 15 is 0 Å². The average Bonchev–Trinajstić information content (AvgIpc) is 2.12. The van der Waals surface area contributed by atoms with Crippen molar-refractivity contribution in [1.82, 2.24) is 5.32 Å². The second kappa shape index (κ2) is 3.35. The van der Waals surface area contributed by atoms with Gasteiger partial charge >= 0.3 is 22.4 Å². The fourth-order valence-corrected chi connectivity index (χ4v) is 2.74. The van der Waals surface area contributed by atoms with Gasteiger partial charge in [-0.2, -0.15) is 0 Å². The van der Waals surface area contributed by atoms with Crippen LogP contribution in [-0.4, -0.2) is 17.2 Å². The van der Waals surface area contributed by atoms with Crippen molar-refractivity contribution in [3.05, 3.63) is 5.32 Å². The summed E-state index contributed by atoms with van der Waals surface area (Å²) in [6.45, 7) is 9.02. The summed E-state index contributed by atoms with van der Waals surface area (Å²) in [4.78, 5) is 0. The number of hydrogen-bond acceptors (Lipinski definition) is 1. The van der Waals surface area contributed by atoms with E-state index in [-0.39, 0.29) is 27.9 Å². The van der Waals surface area contributed by atoms with Gasteiger partial charge in [-0.3, -0.25) is 0 Å². The van der Waals surface area contributed by atoms with Crippen LogP contribution in [0.1, 0.15) is 40.5 Å². The second-order valence-electron chi connectivity index (χ2n) is 5.58. The average molecular weight is 364 g/mol. The Kier molecular flexibility index (Phi) is 3.03. The monoisotopic (exact) mass is 364 g/mol. The first-order valence-electron chi connectivity index (χ1n) is 4.88. The SMILES string of the molecule is CC1(C)CC2CC(C)(C)NC2[N-]1.[Au+]. The maximum atomic E-state index is 4.77. The Labute approximate surface area is 96.7 Å². The van der Waals surface area contributed by atoms with E-state index < -0.39 is 0 Å². The van der Waals surface area contributed by atoms with Crippen LogP contribution >= 0.6 is 0 Å². The van der Waals surface area contributed by atoms with Crippen LogP contribution in [0.2, 0.25) is 0 Å². The zero-order valence-corrected chi connectivity index (χ0v) is 11.0. The Morgan fingerprint density at radius 1 is 1.15 bits per heavy atom. The first-order chi connectivity index (χ1) is 5.38. The van der Waals surface area contributed by atoms with Gasteiger partial charge in [0.25, 0.3) is 0 Å². The Morgan fingerprint density at radius 2 is 1.77 bits per heavy atom. The molecule has 2 saturated heterocycles. The normalized spacial score (nSPS) is 39.7. The minimum atomic E-state index is 0. The van der Waals surface area contributed by atoms with Crippen LogP contribution in [0.25, 0.3) is 5.32 Å². The van der Waals surface area contributed by atoms with Crippen LogP contribution in [0.15, 0.2) is 0 Å². The summed E-state index contributed by atoms with van der Waals surface area (Å²) in [5, 5.41) is 8.35. The van der Waals surface area contributed by atoms with Crippen molar-refractivity contribution in [3.8, 4) is 0 Å². The fourth-order valence-electron chi connectivity index (χ4n) is 2.74. The number of nitrogens with zero attached hydrogens (tertiary/aromatic N) is 1. The van der Waals surface area contributed by atoms with Crippen molar-refractivity contribution in [2.24, 2.45) is 5.92 Å². The Bertz CT molecular complexity index is 163. The smallest absolute Gasteiger partial charge is 0.642 e. The van der Waals surface area contributed by atoms with E-state index in [4.69, 9.17) is 5.32 Å². The summed E-state index contributed by atoms with van der Waals surface area (Å²) in [7, 11) is 0. The molecule has 0 aromatic rings. The predicted octanol–water partition coefficient (Wildman–Crippen LogP) is 2.25. The van der Waals surface area contributed by atoms with Gasteiger partial charge in [-0.15, -0.1) is 5.54 Å². The topological polar surface area (TPSA) is 26.1 Å². The minimum Gasteiger partial charge on any atom is -0.642 e. The largest absolute Gasteiger partial charge is 1.00 e. The van der Waals surface area contributed by atoms with E-state index in [1.54, 1.807) is 0 Å². The summed E-state index contributed by atoms with van der Waals surface area (Å²) in [5.41, 5.74) is 0.536. The Morgan fingerprint density at radius 3 is 2.31 bits per heavy atom. The molecule has 0 amide bonds. The molecule has 2 rings (SSSR count). The van der Waals surface area contributed by atoms with E-state index in [0.717, 1.165) is 5.92 Å². The molecule has 0 radical (unpaired) electrons. The van der Waals surface area contributed by atoms with Crippen molar-refractivity contribution in [3.63, 3.8) is 0 Å². The molecule has 2 aliphatic rings. The summed E-state index contributed by atoms with van der Waals surface area (Å²) < 4.78 is 0. The third-order valence-corrected chi connectivity index (χ3v) is 3.01. The predicted molar refractivity (Wildman–Crippen MR) is 51.2 cm³/mol. The van der Waals surface area contributed by atoms with E-state index in [0.29, 0.717) is 11.7 Å². The molecule has 3 heteroatoms. The Balaban J connectivity index is 0.000000845. The summed E-state index contributed by atoms with van der Waals surface area (Å²) in [6.07, 6.45) is 2.98. The Hall–Kier alpha value is 0.660. The fraction of sp³-hybridized carbons (Fsp3) is 1.00. The first kappa shape index (κ1) is 11.7. The molecule has 0 bridgehead atoms. The molecule has 2 fully saturated rings. The zero-order chi connectivity index (χ0) is 8.98. The van der Waals surface area contributed by atoms with Gasteiger partial charge in [0.1, 0.15) is 0 Å². The number of fused-ring (bicyclic) bond motifs is 1. The summed E-state index contributed by atoms with van der Waals surface area (Å²) >= 11 is 0. The standard InChI is InChI=1S/C10H19N2.Au/c1-9(2)5-7-6-10(3,4)12-8(7)11-9;/h7-8,11H,5-6H2,1-4H3;/q-1;+1. The number of nitrogens with one attached hydrogen (secondary N) is 1. The van der Waals surface area contributed by atoms with Crippen LogP contribution in [0.5, 0.6) is 0 Å². The van der Waals surface area contributed by atoms with Gasteiger partial charge < -0.3 is 10.6 Å². The maximum absolute atomic E-state index is 4.77.